The molecule has 0 heterocycles. The Morgan fingerprint density at radius 2 is 1.43 bits per heavy atom. The van der Waals surface area contributed by atoms with Gasteiger partial charge in [-0.1, -0.05) is 18.5 Å². The molecule has 0 saturated heterocycles. The smallest absolute Gasteiger partial charge is 0.338 e. The Hall–Kier alpha value is -0.770. The minimum atomic E-state index is -1.69. The Morgan fingerprint density at radius 1 is 1.07 bits per heavy atom. The highest BCUT2D eigenvalue weighted by Crippen LogP contribution is 2.23. The maximum Gasteiger partial charge on any atom is 0.338 e. The van der Waals surface area contributed by atoms with Crippen LogP contribution in [0.3, 0.4) is 0 Å². The third-order valence-corrected chi connectivity index (χ3v) is 2.26. The lowest BCUT2D eigenvalue weighted by Gasteiger charge is -2.20. The molecule has 0 aromatic heterocycles. The van der Waals surface area contributed by atoms with E-state index in [0.717, 1.165) is 0 Å². The van der Waals surface area contributed by atoms with E-state index < -0.39 is 16.8 Å². The van der Waals surface area contributed by atoms with Crippen molar-refractivity contribution in [1.29, 1.82) is 0 Å². The van der Waals surface area contributed by atoms with E-state index >= 15 is 0 Å². The van der Waals surface area contributed by atoms with Gasteiger partial charge in [-0.3, -0.25) is 0 Å². The molecule has 0 aliphatic heterocycles. The molecule has 0 rings (SSSR count). The number of carbonyl (C=O) groups excluding carboxylic acids is 2. The molecule has 0 aliphatic carbocycles. The topological polar surface area (TPSA) is 52.6 Å². The molecule has 0 unspecified atom stereocenters. The number of hydrogen-bond acceptors (Lipinski definition) is 4. The van der Waals surface area contributed by atoms with Crippen molar-refractivity contribution < 1.29 is 19.1 Å². The zero-order valence-corrected chi connectivity index (χ0v) is 9.39. The number of ether oxygens (including phenoxy) is 2. The first-order valence-corrected chi connectivity index (χ1v) is 4.94. The second-order valence-electron chi connectivity index (χ2n) is 2.60. The van der Waals surface area contributed by atoms with E-state index in [4.69, 9.17) is 21.1 Å². The van der Waals surface area contributed by atoms with E-state index in [9.17, 15) is 9.59 Å². The fourth-order valence-electron chi connectivity index (χ4n) is 0.863. The van der Waals surface area contributed by atoms with Gasteiger partial charge in [0.15, 0.2) is 0 Å². The average Bonchev–Trinajstić information content (AvgIpc) is 2.17. The van der Waals surface area contributed by atoms with Crippen LogP contribution in [-0.2, 0) is 19.1 Å². The van der Waals surface area contributed by atoms with E-state index in [2.05, 4.69) is 0 Å². The van der Waals surface area contributed by atoms with Crippen LogP contribution in [0.2, 0.25) is 0 Å². The molecule has 82 valence electrons. The van der Waals surface area contributed by atoms with Crippen LogP contribution in [-0.4, -0.2) is 30.0 Å². The number of esters is 2. The summed E-state index contributed by atoms with van der Waals surface area (Å²) in [5, 5.41) is 0. The third kappa shape index (κ3) is 2.87. The van der Waals surface area contributed by atoms with Crippen LogP contribution in [0.4, 0.5) is 0 Å². The molecule has 0 amide bonds. The summed E-state index contributed by atoms with van der Waals surface area (Å²) in [6, 6.07) is 0. The van der Waals surface area contributed by atoms with Gasteiger partial charge in [0.2, 0.25) is 4.87 Å². The van der Waals surface area contributed by atoms with Crippen molar-refractivity contribution in [3.05, 3.63) is 0 Å². The number of carbonyl (C=O) groups is 2. The van der Waals surface area contributed by atoms with Gasteiger partial charge in [-0.15, -0.1) is 0 Å². The van der Waals surface area contributed by atoms with Crippen LogP contribution in [0, 0.1) is 0 Å². The minimum absolute atomic E-state index is 0.145. The van der Waals surface area contributed by atoms with E-state index in [0.29, 0.717) is 0 Å². The molecule has 0 aromatic rings. The van der Waals surface area contributed by atoms with Gasteiger partial charge in [-0.05, 0) is 20.3 Å². The Morgan fingerprint density at radius 3 is 1.64 bits per heavy atom. The number of alkyl halides is 1. The van der Waals surface area contributed by atoms with E-state index in [-0.39, 0.29) is 19.6 Å². The molecule has 4 nitrogen and oxygen atoms in total. The number of rotatable bonds is 5. The van der Waals surface area contributed by atoms with Crippen LogP contribution in [0.25, 0.3) is 0 Å². The first-order chi connectivity index (χ1) is 6.52. The predicted octanol–water partition coefficient (Wildman–Crippen LogP) is 1.50. The molecule has 0 N–H and O–H groups in total. The van der Waals surface area contributed by atoms with Crippen molar-refractivity contribution in [3.63, 3.8) is 0 Å². The summed E-state index contributed by atoms with van der Waals surface area (Å²) < 4.78 is 9.39. The van der Waals surface area contributed by atoms with Gasteiger partial charge < -0.3 is 9.47 Å². The van der Waals surface area contributed by atoms with Crippen LogP contribution >= 0.6 is 11.6 Å². The van der Waals surface area contributed by atoms with Crippen LogP contribution in [0.1, 0.15) is 27.2 Å². The minimum Gasteiger partial charge on any atom is -0.464 e. The first-order valence-electron chi connectivity index (χ1n) is 4.56. The molecule has 5 heteroatoms. The van der Waals surface area contributed by atoms with Crippen LogP contribution in [0.5, 0.6) is 0 Å². The van der Waals surface area contributed by atoms with Gasteiger partial charge >= 0.3 is 11.9 Å². The SMILES string of the molecule is CCOC(=O)C(Cl)(CC)C(=O)OCC. The molecular weight excluding hydrogens is 208 g/mol. The third-order valence-electron chi connectivity index (χ3n) is 1.69. The summed E-state index contributed by atoms with van der Waals surface area (Å²) in [6.07, 6.45) is 0.145. The van der Waals surface area contributed by atoms with E-state index in [1.54, 1.807) is 20.8 Å². The first kappa shape index (κ1) is 13.2. The van der Waals surface area contributed by atoms with Crippen molar-refractivity contribution >= 4 is 23.5 Å². The lowest BCUT2D eigenvalue weighted by atomic mass is 10.1. The van der Waals surface area contributed by atoms with Crippen molar-refractivity contribution in [2.75, 3.05) is 13.2 Å². The zero-order valence-electron chi connectivity index (χ0n) is 8.63. The second-order valence-corrected chi connectivity index (χ2v) is 3.24. The van der Waals surface area contributed by atoms with Crippen molar-refractivity contribution in [3.8, 4) is 0 Å². The molecule has 0 spiro atoms. The molecular formula is C9H15ClO4. The highest BCUT2D eigenvalue weighted by Gasteiger charge is 2.45. The zero-order chi connectivity index (χ0) is 11.2. The summed E-state index contributed by atoms with van der Waals surface area (Å²) in [5.41, 5.74) is 0. The summed E-state index contributed by atoms with van der Waals surface area (Å²) in [7, 11) is 0. The molecule has 0 aromatic carbocycles. The van der Waals surface area contributed by atoms with Gasteiger partial charge in [0, 0.05) is 0 Å². The Bertz CT molecular complexity index is 197. The average molecular weight is 223 g/mol. The molecule has 0 aliphatic rings. The largest absolute Gasteiger partial charge is 0.464 e. The highest BCUT2D eigenvalue weighted by molar-refractivity contribution is 6.44. The summed E-state index contributed by atoms with van der Waals surface area (Å²) in [5.74, 6) is -1.50. The van der Waals surface area contributed by atoms with Gasteiger partial charge in [0.25, 0.3) is 0 Å². The lowest BCUT2D eigenvalue weighted by molar-refractivity contribution is -0.159. The summed E-state index contributed by atoms with van der Waals surface area (Å²) >= 11 is 5.83. The Kier molecular flexibility index (Phi) is 5.53. The predicted molar refractivity (Wildman–Crippen MR) is 52.1 cm³/mol. The standard InChI is InChI=1S/C9H15ClO4/c1-4-9(10,7(11)13-5-2)8(12)14-6-3/h4-6H2,1-3H3. The van der Waals surface area contributed by atoms with Crippen molar-refractivity contribution in [2.24, 2.45) is 0 Å². The van der Waals surface area contributed by atoms with Gasteiger partial charge in [-0.25, -0.2) is 9.59 Å². The quantitative estimate of drug-likeness (QED) is 0.402. The lowest BCUT2D eigenvalue weighted by Crippen LogP contribution is -2.43. The summed E-state index contributed by atoms with van der Waals surface area (Å²) in [4.78, 5) is 21.0. The fraction of sp³-hybridized carbons (Fsp3) is 0.778. The number of hydrogen-bond donors (Lipinski definition) is 0. The Labute approximate surface area is 88.5 Å². The molecule has 0 saturated carbocycles. The highest BCUT2D eigenvalue weighted by atomic mass is 35.5. The van der Waals surface area contributed by atoms with E-state index in [1.807, 2.05) is 0 Å². The van der Waals surface area contributed by atoms with Crippen LogP contribution < -0.4 is 0 Å². The van der Waals surface area contributed by atoms with Gasteiger partial charge in [-0.2, -0.15) is 0 Å². The van der Waals surface area contributed by atoms with Gasteiger partial charge in [0.1, 0.15) is 0 Å². The fourth-order valence-corrected chi connectivity index (χ4v) is 0.972. The maximum absolute atomic E-state index is 11.4. The normalized spacial score (nSPS) is 10.9. The maximum atomic E-state index is 11.4. The molecule has 0 bridgehead atoms. The second kappa shape index (κ2) is 5.86. The molecule has 0 atom stereocenters. The van der Waals surface area contributed by atoms with Crippen LogP contribution in [0.15, 0.2) is 0 Å². The van der Waals surface area contributed by atoms with E-state index in [1.165, 1.54) is 0 Å². The van der Waals surface area contributed by atoms with Crippen molar-refractivity contribution in [2.45, 2.75) is 32.1 Å². The van der Waals surface area contributed by atoms with Gasteiger partial charge in [0.05, 0.1) is 13.2 Å². The number of halogens is 1. The van der Waals surface area contributed by atoms with Crippen molar-refractivity contribution in [1.82, 2.24) is 0 Å². The summed E-state index contributed by atoms with van der Waals surface area (Å²) in [6.45, 7) is 5.30. The molecule has 0 radical (unpaired) electrons. The molecule has 0 fully saturated rings. The molecule has 14 heavy (non-hydrogen) atoms. The monoisotopic (exact) mass is 222 g/mol. The Balaban J connectivity index is 4.60.